The molecule has 0 radical (unpaired) electrons. The Morgan fingerprint density at radius 2 is 1.80 bits per heavy atom. The van der Waals surface area contributed by atoms with Crippen LogP contribution in [0, 0.1) is 12.3 Å². The Morgan fingerprint density at radius 1 is 1.02 bits per heavy atom. The van der Waals surface area contributed by atoms with Gasteiger partial charge in [-0.25, -0.2) is 0 Å². The van der Waals surface area contributed by atoms with E-state index in [1.807, 2.05) is 42.5 Å². The summed E-state index contributed by atoms with van der Waals surface area (Å²) in [4.78, 5) is 30.1. The van der Waals surface area contributed by atoms with Gasteiger partial charge in [-0.05, 0) is 73.5 Å². The van der Waals surface area contributed by atoms with Gasteiger partial charge in [0.05, 0.1) is 6.04 Å². The average molecular weight is 575 g/mol. The lowest BCUT2D eigenvalue weighted by Gasteiger charge is -2.47. The van der Waals surface area contributed by atoms with Crippen molar-refractivity contribution in [3.8, 4) is 18.1 Å². The summed E-state index contributed by atoms with van der Waals surface area (Å²) in [5.41, 5.74) is 2.28. The number of piperidine rings is 2. The van der Waals surface area contributed by atoms with Crippen LogP contribution in [0.3, 0.4) is 0 Å². The second-order valence-electron chi connectivity index (χ2n) is 10.8. The average Bonchev–Trinajstić information content (AvgIpc) is 3.22. The van der Waals surface area contributed by atoms with Crippen LogP contribution in [0.5, 0.6) is 5.75 Å². The van der Waals surface area contributed by atoms with E-state index in [1.165, 1.54) is 0 Å². The predicted octanol–water partition coefficient (Wildman–Crippen LogP) is 5.68. The Bertz CT molecular complexity index is 1540. The minimum atomic E-state index is -1.21. The van der Waals surface area contributed by atoms with Gasteiger partial charge in [0, 0.05) is 52.3 Å². The number of terminal acetylenes is 1. The van der Waals surface area contributed by atoms with E-state index >= 15 is 0 Å². The minimum absolute atomic E-state index is 0.00843. The first-order chi connectivity index (χ1) is 19.3. The van der Waals surface area contributed by atoms with Crippen molar-refractivity contribution in [1.82, 2.24) is 10.2 Å². The highest BCUT2D eigenvalue weighted by Gasteiger charge is 2.61. The smallest absolute Gasteiger partial charge is 0.238 e. The second kappa shape index (κ2) is 10.5. The normalized spacial score (nSPS) is 24.8. The molecule has 8 heteroatoms. The summed E-state index contributed by atoms with van der Waals surface area (Å²) in [5, 5.41) is 7.29. The molecule has 3 aromatic carbocycles. The molecule has 2 saturated heterocycles. The largest absolute Gasteiger partial charge is 0.490 e. The molecule has 6 rings (SSSR count). The summed E-state index contributed by atoms with van der Waals surface area (Å²) >= 11 is 12.8. The highest BCUT2D eigenvalue weighted by Crippen LogP contribution is 2.58. The summed E-state index contributed by atoms with van der Waals surface area (Å²) < 4.78 is 6.61. The quantitative estimate of drug-likeness (QED) is 0.394. The van der Waals surface area contributed by atoms with Gasteiger partial charge in [0.25, 0.3) is 0 Å². The lowest BCUT2D eigenvalue weighted by Crippen LogP contribution is -2.57. The molecule has 2 amide bonds. The van der Waals surface area contributed by atoms with Crippen molar-refractivity contribution in [3.63, 3.8) is 0 Å². The molecular formula is C32H29Cl2N3O3. The number of nitrogens with one attached hydrogen (secondary N) is 2. The number of carbonyl (C=O) groups is 2. The number of amides is 2. The van der Waals surface area contributed by atoms with Crippen molar-refractivity contribution >= 4 is 40.7 Å². The van der Waals surface area contributed by atoms with Gasteiger partial charge in [-0.2, -0.15) is 0 Å². The number of fused-ring (bicyclic) bond motifs is 2. The fourth-order valence-electron chi connectivity index (χ4n) is 6.52. The molecule has 3 aromatic rings. The molecule has 2 fully saturated rings. The number of likely N-dealkylation sites (tertiary alicyclic amines) is 1. The maximum atomic E-state index is 14.3. The Morgan fingerprint density at radius 3 is 2.55 bits per heavy atom. The molecule has 0 saturated carbocycles. The van der Waals surface area contributed by atoms with Crippen LogP contribution in [-0.2, 0) is 15.0 Å². The molecule has 2 N–H and O–H groups in total. The molecule has 40 heavy (non-hydrogen) atoms. The van der Waals surface area contributed by atoms with Crippen LogP contribution in [0.15, 0.2) is 60.7 Å². The SMILES string of the molecule is C#Cc1ccc(OC2CCN(C)CC2)c([C@@H]2NC(=O)C[C@H](c3cccc(Cl)c3)[C@@]23C(=O)Nc2cc(Cl)ccc23)c1. The lowest BCUT2D eigenvalue weighted by atomic mass is 9.59. The van der Waals surface area contributed by atoms with E-state index < -0.39 is 17.4 Å². The third-order valence-corrected chi connectivity index (χ3v) is 8.92. The number of halogens is 2. The van der Waals surface area contributed by atoms with Gasteiger partial charge in [0.15, 0.2) is 0 Å². The zero-order valence-electron chi connectivity index (χ0n) is 22.0. The molecule has 1 spiro atoms. The topological polar surface area (TPSA) is 70.7 Å². The van der Waals surface area contributed by atoms with Gasteiger partial charge >= 0.3 is 0 Å². The van der Waals surface area contributed by atoms with Crippen LogP contribution in [0.4, 0.5) is 5.69 Å². The molecule has 0 bridgehead atoms. The van der Waals surface area contributed by atoms with E-state index in [1.54, 1.807) is 18.2 Å². The maximum Gasteiger partial charge on any atom is 0.238 e. The van der Waals surface area contributed by atoms with Crippen LogP contribution in [0.25, 0.3) is 0 Å². The van der Waals surface area contributed by atoms with Crippen LogP contribution in [-0.4, -0.2) is 43.0 Å². The van der Waals surface area contributed by atoms with Gasteiger partial charge in [-0.1, -0.05) is 47.3 Å². The van der Waals surface area contributed by atoms with Gasteiger partial charge in [-0.15, -0.1) is 6.42 Å². The molecule has 0 unspecified atom stereocenters. The Hall–Kier alpha value is -3.50. The minimum Gasteiger partial charge on any atom is -0.490 e. The van der Waals surface area contributed by atoms with Crippen LogP contribution < -0.4 is 15.4 Å². The van der Waals surface area contributed by atoms with Crippen molar-refractivity contribution in [2.45, 2.75) is 42.7 Å². The van der Waals surface area contributed by atoms with Crippen molar-refractivity contribution < 1.29 is 14.3 Å². The molecule has 0 aliphatic carbocycles. The van der Waals surface area contributed by atoms with E-state index in [4.69, 9.17) is 34.4 Å². The molecule has 3 aliphatic heterocycles. The first kappa shape index (κ1) is 26.7. The molecule has 3 aliphatic rings. The van der Waals surface area contributed by atoms with Crippen LogP contribution in [0.1, 0.15) is 53.5 Å². The van der Waals surface area contributed by atoms with Crippen LogP contribution >= 0.6 is 23.2 Å². The van der Waals surface area contributed by atoms with Gasteiger partial charge in [0.2, 0.25) is 11.8 Å². The monoisotopic (exact) mass is 573 g/mol. The van der Waals surface area contributed by atoms with Gasteiger partial charge in [-0.3, -0.25) is 9.59 Å². The van der Waals surface area contributed by atoms with E-state index in [0.29, 0.717) is 32.6 Å². The number of rotatable bonds is 4. The van der Waals surface area contributed by atoms with Crippen molar-refractivity contribution in [2.75, 3.05) is 25.5 Å². The fourth-order valence-corrected chi connectivity index (χ4v) is 6.89. The van der Waals surface area contributed by atoms with Gasteiger partial charge in [0.1, 0.15) is 17.3 Å². The van der Waals surface area contributed by atoms with Crippen molar-refractivity contribution in [3.05, 3.63) is 93.0 Å². The molecule has 3 atom stereocenters. The highest BCUT2D eigenvalue weighted by molar-refractivity contribution is 6.31. The van der Waals surface area contributed by atoms with E-state index in [9.17, 15) is 9.59 Å². The third kappa shape index (κ3) is 4.53. The summed E-state index contributed by atoms with van der Waals surface area (Å²) in [6.45, 7) is 1.86. The zero-order valence-corrected chi connectivity index (χ0v) is 23.6. The van der Waals surface area contributed by atoms with E-state index in [2.05, 4.69) is 28.5 Å². The summed E-state index contributed by atoms with van der Waals surface area (Å²) in [5.74, 6) is 2.41. The summed E-state index contributed by atoms with van der Waals surface area (Å²) in [7, 11) is 2.10. The fraction of sp³-hybridized carbons (Fsp3) is 0.312. The Kier molecular flexibility index (Phi) is 7.00. The number of anilines is 1. The molecule has 0 aromatic heterocycles. The van der Waals surface area contributed by atoms with Crippen LogP contribution in [0.2, 0.25) is 10.0 Å². The number of hydrogen-bond donors (Lipinski definition) is 2. The number of hydrogen-bond acceptors (Lipinski definition) is 4. The van der Waals surface area contributed by atoms with Crippen molar-refractivity contribution in [1.29, 1.82) is 0 Å². The van der Waals surface area contributed by atoms with E-state index in [-0.39, 0.29) is 24.3 Å². The molecule has 3 heterocycles. The number of benzene rings is 3. The second-order valence-corrected chi connectivity index (χ2v) is 11.7. The Labute approximate surface area is 244 Å². The highest BCUT2D eigenvalue weighted by atomic mass is 35.5. The number of ether oxygens (including phenoxy) is 1. The third-order valence-electron chi connectivity index (χ3n) is 8.45. The zero-order chi connectivity index (χ0) is 28.0. The first-order valence-corrected chi connectivity index (χ1v) is 14.2. The standard InChI is InChI=1S/C32H29Cl2N3O3/c1-3-19-7-10-28(40-23-11-13-37(2)14-12-23)24(15-19)30-32(25-9-8-22(34)17-27(25)35-31(32)39)26(18-29(38)36-30)20-5-4-6-21(33)16-20/h1,4-10,15-17,23,26,30H,11-14,18H2,2H3,(H,35,39)(H,36,38)/t26-,30+,32-/m1/s1. The van der Waals surface area contributed by atoms with E-state index in [0.717, 1.165) is 37.1 Å². The first-order valence-electron chi connectivity index (χ1n) is 13.4. The summed E-state index contributed by atoms with van der Waals surface area (Å²) in [6, 6.07) is 17.6. The predicted molar refractivity (Wildman–Crippen MR) is 157 cm³/mol. The molecule has 204 valence electrons. The molecular weight excluding hydrogens is 545 g/mol. The van der Waals surface area contributed by atoms with Gasteiger partial charge < -0.3 is 20.3 Å². The Balaban J connectivity index is 1.57. The van der Waals surface area contributed by atoms with Crippen molar-refractivity contribution in [2.24, 2.45) is 0 Å². The molecule has 6 nitrogen and oxygen atoms in total. The lowest BCUT2D eigenvalue weighted by molar-refractivity contribution is -0.131. The summed E-state index contributed by atoms with van der Waals surface area (Å²) in [6.07, 6.45) is 7.70. The number of nitrogens with zero attached hydrogens (tertiary/aromatic N) is 1. The number of carbonyl (C=O) groups excluding carboxylic acids is 2. The maximum absolute atomic E-state index is 14.3.